The topological polar surface area (TPSA) is 43.1 Å². The van der Waals surface area contributed by atoms with Crippen molar-refractivity contribution in [3.8, 4) is 0 Å². The standard InChI is InChI=1S/C7H15NOS/c1-4-5(2)6(3)10-7(8)9/h5-6H,4H2,1-3H3,(H2,8,9). The number of hydrogen-bond donors (Lipinski definition) is 1. The van der Waals surface area contributed by atoms with Crippen molar-refractivity contribution < 1.29 is 4.79 Å². The molecule has 0 bridgehead atoms. The fourth-order valence-electron chi connectivity index (χ4n) is 0.631. The first kappa shape index (κ1) is 9.82. The molecule has 0 spiro atoms. The number of nitrogens with two attached hydrogens (primary N) is 1. The molecule has 3 heteroatoms. The van der Waals surface area contributed by atoms with E-state index in [9.17, 15) is 4.79 Å². The lowest BCUT2D eigenvalue weighted by atomic mass is 10.1. The molecule has 0 aliphatic rings. The highest BCUT2D eigenvalue weighted by Crippen LogP contribution is 2.20. The number of primary amides is 1. The lowest BCUT2D eigenvalue weighted by Gasteiger charge is -2.14. The maximum absolute atomic E-state index is 10.4. The summed E-state index contributed by atoms with van der Waals surface area (Å²) in [5, 5.41) is 0.0790. The van der Waals surface area contributed by atoms with E-state index in [4.69, 9.17) is 5.73 Å². The minimum Gasteiger partial charge on any atom is -0.361 e. The van der Waals surface area contributed by atoms with Gasteiger partial charge in [0.2, 0.25) is 0 Å². The van der Waals surface area contributed by atoms with Gasteiger partial charge in [0.1, 0.15) is 0 Å². The van der Waals surface area contributed by atoms with Gasteiger partial charge in [0.25, 0.3) is 5.24 Å². The Morgan fingerprint density at radius 3 is 2.40 bits per heavy atom. The number of carbonyl (C=O) groups excluding carboxylic acids is 1. The average molecular weight is 161 g/mol. The Kier molecular flexibility index (Phi) is 4.52. The van der Waals surface area contributed by atoms with Crippen LogP contribution in [-0.4, -0.2) is 10.5 Å². The van der Waals surface area contributed by atoms with E-state index < -0.39 is 0 Å². The molecular formula is C7H15NOS. The average Bonchev–Trinajstić information content (AvgIpc) is 1.85. The monoisotopic (exact) mass is 161 g/mol. The summed E-state index contributed by atoms with van der Waals surface area (Å²) in [6.07, 6.45) is 1.10. The van der Waals surface area contributed by atoms with E-state index in [1.807, 2.05) is 6.92 Å². The highest BCUT2D eigenvalue weighted by Gasteiger charge is 2.12. The third kappa shape index (κ3) is 3.77. The molecule has 0 heterocycles. The predicted octanol–water partition coefficient (Wildman–Crippen LogP) is 2.23. The van der Waals surface area contributed by atoms with Crippen molar-refractivity contribution in [2.45, 2.75) is 32.4 Å². The van der Waals surface area contributed by atoms with E-state index in [2.05, 4.69) is 13.8 Å². The van der Waals surface area contributed by atoms with Crippen LogP contribution in [0.2, 0.25) is 0 Å². The molecule has 0 rings (SSSR count). The summed E-state index contributed by atoms with van der Waals surface area (Å²) in [5.41, 5.74) is 5.01. The van der Waals surface area contributed by atoms with Gasteiger partial charge >= 0.3 is 0 Å². The number of thioether (sulfide) groups is 1. The lowest BCUT2D eigenvalue weighted by molar-refractivity contribution is 0.267. The second kappa shape index (κ2) is 4.61. The van der Waals surface area contributed by atoms with Crippen molar-refractivity contribution in [1.29, 1.82) is 0 Å². The molecule has 0 saturated heterocycles. The van der Waals surface area contributed by atoms with Gasteiger partial charge in [-0.05, 0) is 5.92 Å². The van der Waals surface area contributed by atoms with Crippen LogP contribution >= 0.6 is 11.8 Å². The molecule has 0 aromatic carbocycles. The van der Waals surface area contributed by atoms with Crippen LogP contribution < -0.4 is 5.73 Å². The first-order valence-electron chi connectivity index (χ1n) is 3.54. The summed E-state index contributed by atoms with van der Waals surface area (Å²) >= 11 is 1.23. The molecular weight excluding hydrogens is 146 g/mol. The van der Waals surface area contributed by atoms with Crippen molar-refractivity contribution >= 4 is 17.0 Å². The highest BCUT2D eigenvalue weighted by molar-refractivity contribution is 8.14. The van der Waals surface area contributed by atoms with Gasteiger partial charge in [-0.25, -0.2) is 0 Å². The van der Waals surface area contributed by atoms with Crippen molar-refractivity contribution in [3.63, 3.8) is 0 Å². The van der Waals surface area contributed by atoms with Crippen LogP contribution in [0.25, 0.3) is 0 Å². The van der Waals surface area contributed by atoms with E-state index >= 15 is 0 Å². The molecule has 1 amide bonds. The maximum atomic E-state index is 10.4. The van der Waals surface area contributed by atoms with Gasteiger partial charge < -0.3 is 5.73 Å². The van der Waals surface area contributed by atoms with Gasteiger partial charge in [-0.15, -0.1) is 0 Å². The van der Waals surface area contributed by atoms with Crippen molar-refractivity contribution in [3.05, 3.63) is 0 Å². The molecule has 0 aromatic rings. The van der Waals surface area contributed by atoms with Crippen LogP contribution in [0.4, 0.5) is 4.79 Å². The molecule has 0 fully saturated rings. The van der Waals surface area contributed by atoms with E-state index in [1.165, 1.54) is 11.8 Å². The Hall–Kier alpha value is -0.180. The lowest BCUT2D eigenvalue weighted by Crippen LogP contribution is -2.15. The Labute approximate surface area is 66.6 Å². The first-order chi connectivity index (χ1) is 4.57. The number of rotatable bonds is 3. The molecule has 0 radical (unpaired) electrons. The molecule has 0 aromatic heterocycles. The van der Waals surface area contributed by atoms with Crippen molar-refractivity contribution in [1.82, 2.24) is 0 Å². The van der Waals surface area contributed by atoms with Gasteiger partial charge in [0.05, 0.1) is 0 Å². The van der Waals surface area contributed by atoms with E-state index in [-0.39, 0.29) is 5.24 Å². The van der Waals surface area contributed by atoms with Crippen molar-refractivity contribution in [2.75, 3.05) is 0 Å². The quantitative estimate of drug-likeness (QED) is 0.689. The summed E-state index contributed by atoms with van der Waals surface area (Å²) in [5.74, 6) is 0.567. The summed E-state index contributed by atoms with van der Waals surface area (Å²) in [4.78, 5) is 10.4. The molecule has 0 aliphatic heterocycles. The largest absolute Gasteiger partial charge is 0.361 e. The zero-order chi connectivity index (χ0) is 8.15. The van der Waals surface area contributed by atoms with E-state index in [0.29, 0.717) is 11.2 Å². The zero-order valence-corrected chi connectivity index (χ0v) is 7.57. The fourth-order valence-corrected chi connectivity index (χ4v) is 1.42. The van der Waals surface area contributed by atoms with Gasteiger partial charge in [-0.1, -0.05) is 39.0 Å². The number of carbonyl (C=O) groups is 1. The van der Waals surface area contributed by atoms with Gasteiger partial charge in [0.15, 0.2) is 0 Å². The van der Waals surface area contributed by atoms with Crippen LogP contribution in [0.1, 0.15) is 27.2 Å². The van der Waals surface area contributed by atoms with Crippen molar-refractivity contribution in [2.24, 2.45) is 11.7 Å². The molecule has 10 heavy (non-hydrogen) atoms. The Morgan fingerprint density at radius 2 is 2.10 bits per heavy atom. The first-order valence-corrected chi connectivity index (χ1v) is 4.42. The van der Waals surface area contributed by atoms with Crippen LogP contribution in [0.3, 0.4) is 0 Å². The van der Waals surface area contributed by atoms with Crippen LogP contribution in [-0.2, 0) is 0 Å². The number of amides is 1. The van der Waals surface area contributed by atoms with Gasteiger partial charge in [-0.3, -0.25) is 4.79 Å². The second-order valence-electron chi connectivity index (χ2n) is 2.53. The van der Waals surface area contributed by atoms with E-state index in [1.54, 1.807) is 0 Å². The Balaban J connectivity index is 3.61. The normalized spacial score (nSPS) is 16.3. The molecule has 2 unspecified atom stereocenters. The van der Waals surface area contributed by atoms with Gasteiger partial charge in [0, 0.05) is 5.25 Å². The van der Waals surface area contributed by atoms with E-state index in [0.717, 1.165) is 6.42 Å². The summed E-state index contributed by atoms with van der Waals surface area (Å²) in [6, 6.07) is 0. The summed E-state index contributed by atoms with van der Waals surface area (Å²) in [6.45, 7) is 6.27. The smallest absolute Gasteiger partial charge is 0.276 e. The Morgan fingerprint density at radius 1 is 1.60 bits per heavy atom. The molecule has 2 N–H and O–H groups in total. The van der Waals surface area contributed by atoms with Crippen LogP contribution in [0.15, 0.2) is 0 Å². The predicted molar refractivity (Wildman–Crippen MR) is 46.1 cm³/mol. The highest BCUT2D eigenvalue weighted by atomic mass is 32.2. The minimum absolute atomic E-state index is 0.271. The minimum atomic E-state index is -0.271. The zero-order valence-electron chi connectivity index (χ0n) is 6.76. The molecule has 60 valence electrons. The van der Waals surface area contributed by atoms with Crippen LogP contribution in [0.5, 0.6) is 0 Å². The third-order valence-electron chi connectivity index (χ3n) is 1.75. The summed E-state index contributed by atoms with van der Waals surface area (Å²) in [7, 11) is 0. The SMILES string of the molecule is CCC(C)C(C)SC(N)=O. The molecule has 0 saturated carbocycles. The fraction of sp³-hybridized carbons (Fsp3) is 0.857. The number of hydrogen-bond acceptors (Lipinski definition) is 2. The molecule has 2 atom stereocenters. The second-order valence-corrected chi connectivity index (χ2v) is 3.91. The molecule has 2 nitrogen and oxygen atoms in total. The Bertz CT molecular complexity index is 116. The maximum Gasteiger partial charge on any atom is 0.276 e. The van der Waals surface area contributed by atoms with Gasteiger partial charge in [-0.2, -0.15) is 0 Å². The van der Waals surface area contributed by atoms with Crippen LogP contribution in [0, 0.1) is 5.92 Å². The summed E-state index contributed by atoms with van der Waals surface area (Å²) < 4.78 is 0. The third-order valence-corrected chi connectivity index (χ3v) is 2.82. The molecule has 0 aliphatic carbocycles.